The predicted molar refractivity (Wildman–Crippen MR) is 97.3 cm³/mol. The normalized spacial score (nSPS) is 16.6. The number of nitrogens with one attached hydrogen (secondary N) is 1. The number of furan rings is 1. The molecule has 6 nitrogen and oxygen atoms in total. The summed E-state index contributed by atoms with van der Waals surface area (Å²) in [6.45, 7) is 4.29. The minimum atomic E-state index is -0.523. The Morgan fingerprint density at radius 3 is 2.65 bits per heavy atom. The third-order valence-electron chi connectivity index (χ3n) is 4.51. The van der Waals surface area contributed by atoms with Crippen molar-refractivity contribution in [3.05, 3.63) is 59.0 Å². The van der Waals surface area contributed by atoms with Crippen LogP contribution < -0.4 is 4.90 Å². The summed E-state index contributed by atoms with van der Waals surface area (Å²) in [6.07, 6.45) is 0.986. The van der Waals surface area contributed by atoms with E-state index in [1.165, 1.54) is 11.2 Å². The van der Waals surface area contributed by atoms with Crippen LogP contribution in [-0.4, -0.2) is 61.3 Å². The Kier molecular flexibility index (Phi) is 6.68. The first kappa shape index (κ1) is 18.9. The van der Waals surface area contributed by atoms with Crippen LogP contribution in [0.3, 0.4) is 0 Å². The molecule has 3 rings (SSSR count). The summed E-state index contributed by atoms with van der Waals surface area (Å²) in [7, 11) is 0. The number of quaternary nitrogens is 1. The fraction of sp³-hybridized carbons (Fsp3) is 0.421. The molecular formula is C19H24ClN2O4+. The third kappa shape index (κ3) is 5.32. The molecule has 7 heteroatoms. The maximum atomic E-state index is 12.2. The van der Waals surface area contributed by atoms with Gasteiger partial charge in [-0.3, -0.25) is 4.79 Å². The number of carbonyl (C=O) groups excluding carboxylic acids is 1. The van der Waals surface area contributed by atoms with Crippen molar-refractivity contribution in [1.29, 1.82) is 0 Å². The van der Waals surface area contributed by atoms with Crippen molar-refractivity contribution in [2.75, 3.05) is 39.3 Å². The first-order valence-corrected chi connectivity index (χ1v) is 9.16. The molecule has 1 fully saturated rings. The van der Waals surface area contributed by atoms with Crippen molar-refractivity contribution in [1.82, 2.24) is 4.90 Å². The number of rotatable bonds is 7. The number of piperazine rings is 1. The van der Waals surface area contributed by atoms with Crippen molar-refractivity contribution in [3.8, 4) is 0 Å². The Labute approximate surface area is 157 Å². The molecule has 1 amide bonds. The minimum absolute atomic E-state index is 0.0686. The summed E-state index contributed by atoms with van der Waals surface area (Å²) in [5, 5.41) is 10.9. The van der Waals surface area contributed by atoms with Crippen molar-refractivity contribution in [3.63, 3.8) is 0 Å². The summed E-state index contributed by atoms with van der Waals surface area (Å²) in [5.74, 6) is 0.310. The number of nitrogens with zero attached hydrogens (tertiary/aromatic N) is 1. The van der Waals surface area contributed by atoms with Crippen LogP contribution in [0.5, 0.6) is 0 Å². The molecule has 0 saturated carbocycles. The van der Waals surface area contributed by atoms with Gasteiger partial charge >= 0.3 is 0 Å². The van der Waals surface area contributed by atoms with E-state index in [1.54, 1.807) is 17.0 Å². The Balaban J connectivity index is 1.34. The van der Waals surface area contributed by atoms with Crippen molar-refractivity contribution in [2.24, 2.45) is 0 Å². The van der Waals surface area contributed by atoms with Gasteiger partial charge < -0.3 is 24.1 Å². The van der Waals surface area contributed by atoms with E-state index in [9.17, 15) is 9.90 Å². The number of hydrogen-bond donors (Lipinski definition) is 2. The first-order valence-electron chi connectivity index (χ1n) is 8.78. The SMILES string of the molecule is O=C(c1ccco1)N1CC[NH+](C[C@@H](O)COCc2ccc(Cl)cc2)CC1. The van der Waals surface area contributed by atoms with Gasteiger partial charge in [-0.1, -0.05) is 23.7 Å². The topological polar surface area (TPSA) is 67.4 Å². The van der Waals surface area contributed by atoms with Crippen LogP contribution in [-0.2, 0) is 11.3 Å². The molecule has 1 atom stereocenters. The zero-order valence-electron chi connectivity index (χ0n) is 14.6. The quantitative estimate of drug-likeness (QED) is 0.748. The van der Waals surface area contributed by atoms with Crippen molar-refractivity contribution < 1.29 is 24.0 Å². The average Bonchev–Trinajstić information content (AvgIpc) is 3.18. The molecular weight excluding hydrogens is 356 g/mol. The number of hydrogen-bond acceptors (Lipinski definition) is 4. The first-order chi connectivity index (χ1) is 12.6. The maximum Gasteiger partial charge on any atom is 0.289 e. The predicted octanol–water partition coefficient (Wildman–Crippen LogP) is 0.851. The molecule has 26 heavy (non-hydrogen) atoms. The van der Waals surface area contributed by atoms with Gasteiger partial charge in [0.25, 0.3) is 5.91 Å². The van der Waals surface area contributed by atoms with Gasteiger partial charge in [0.15, 0.2) is 5.76 Å². The molecule has 2 aromatic rings. The lowest BCUT2D eigenvalue weighted by molar-refractivity contribution is -0.907. The standard InChI is InChI=1S/C19H23ClN2O4/c20-16-5-3-15(4-6-16)13-25-14-17(23)12-21-7-9-22(10-8-21)19(24)18-2-1-11-26-18/h1-6,11,17,23H,7-10,12-14H2/p+1/t17-/m1/s1. The largest absolute Gasteiger partial charge is 0.459 e. The summed E-state index contributed by atoms with van der Waals surface area (Å²) in [5.41, 5.74) is 1.03. The second kappa shape index (κ2) is 9.19. The number of ether oxygens (including phenoxy) is 1. The van der Waals surface area contributed by atoms with Gasteiger partial charge in [-0.25, -0.2) is 0 Å². The summed E-state index contributed by atoms with van der Waals surface area (Å²) in [4.78, 5) is 15.3. The monoisotopic (exact) mass is 379 g/mol. The second-order valence-electron chi connectivity index (χ2n) is 6.52. The van der Waals surface area contributed by atoms with Crippen LogP contribution in [0.1, 0.15) is 16.1 Å². The van der Waals surface area contributed by atoms with Gasteiger partial charge in [-0.2, -0.15) is 0 Å². The highest BCUT2D eigenvalue weighted by atomic mass is 35.5. The second-order valence-corrected chi connectivity index (χ2v) is 6.96. The van der Waals surface area contributed by atoms with Crippen LogP contribution in [0.25, 0.3) is 0 Å². The number of halogens is 1. The highest BCUT2D eigenvalue weighted by Crippen LogP contribution is 2.10. The van der Waals surface area contributed by atoms with Gasteiger partial charge in [0.2, 0.25) is 0 Å². The van der Waals surface area contributed by atoms with E-state index in [1.807, 2.05) is 24.3 Å². The molecule has 1 aliphatic rings. The van der Waals surface area contributed by atoms with Gasteiger partial charge in [-0.05, 0) is 29.8 Å². The Morgan fingerprint density at radius 1 is 1.27 bits per heavy atom. The highest BCUT2D eigenvalue weighted by Gasteiger charge is 2.27. The molecule has 2 heterocycles. The van der Waals surface area contributed by atoms with Crippen LogP contribution in [0.15, 0.2) is 47.1 Å². The van der Waals surface area contributed by atoms with E-state index < -0.39 is 6.10 Å². The van der Waals surface area contributed by atoms with E-state index in [0.29, 0.717) is 43.6 Å². The van der Waals surface area contributed by atoms with Crippen LogP contribution in [0, 0.1) is 0 Å². The third-order valence-corrected chi connectivity index (χ3v) is 4.76. The van der Waals surface area contributed by atoms with Gasteiger partial charge in [0.05, 0.1) is 45.7 Å². The molecule has 0 bridgehead atoms. The molecule has 0 spiro atoms. The van der Waals surface area contributed by atoms with Crippen LogP contribution in [0.2, 0.25) is 5.02 Å². The lowest BCUT2D eigenvalue weighted by Gasteiger charge is -2.32. The fourth-order valence-electron chi connectivity index (χ4n) is 3.07. The van der Waals surface area contributed by atoms with Crippen molar-refractivity contribution >= 4 is 17.5 Å². The molecule has 0 radical (unpaired) electrons. The molecule has 1 aromatic carbocycles. The molecule has 0 aliphatic carbocycles. The van der Waals surface area contributed by atoms with Crippen LogP contribution in [0.4, 0.5) is 0 Å². The lowest BCUT2D eigenvalue weighted by Crippen LogP contribution is -3.15. The number of benzene rings is 1. The Morgan fingerprint density at radius 2 is 2.00 bits per heavy atom. The number of amides is 1. The minimum Gasteiger partial charge on any atom is -0.459 e. The molecule has 0 unspecified atom stereocenters. The Bertz CT molecular complexity index is 682. The molecule has 1 aliphatic heterocycles. The van der Waals surface area contributed by atoms with Gasteiger partial charge in [-0.15, -0.1) is 0 Å². The van der Waals surface area contributed by atoms with E-state index in [2.05, 4.69) is 0 Å². The number of aliphatic hydroxyl groups is 1. The van der Waals surface area contributed by atoms with E-state index in [0.717, 1.165) is 18.7 Å². The summed E-state index contributed by atoms with van der Waals surface area (Å²) >= 11 is 5.85. The van der Waals surface area contributed by atoms with E-state index in [-0.39, 0.29) is 5.91 Å². The summed E-state index contributed by atoms with van der Waals surface area (Å²) in [6, 6.07) is 10.9. The van der Waals surface area contributed by atoms with E-state index in [4.69, 9.17) is 20.8 Å². The molecule has 1 saturated heterocycles. The smallest absolute Gasteiger partial charge is 0.289 e. The lowest BCUT2D eigenvalue weighted by atomic mass is 10.2. The van der Waals surface area contributed by atoms with Crippen LogP contribution >= 0.6 is 11.6 Å². The van der Waals surface area contributed by atoms with Gasteiger partial charge in [0.1, 0.15) is 12.6 Å². The zero-order valence-corrected chi connectivity index (χ0v) is 15.3. The van der Waals surface area contributed by atoms with Gasteiger partial charge in [0, 0.05) is 5.02 Å². The molecule has 2 N–H and O–H groups in total. The molecule has 1 aromatic heterocycles. The number of carbonyl (C=O) groups is 1. The average molecular weight is 380 g/mol. The van der Waals surface area contributed by atoms with Crippen molar-refractivity contribution in [2.45, 2.75) is 12.7 Å². The maximum absolute atomic E-state index is 12.2. The highest BCUT2D eigenvalue weighted by molar-refractivity contribution is 6.30. The number of aliphatic hydroxyl groups excluding tert-OH is 1. The summed E-state index contributed by atoms with van der Waals surface area (Å²) < 4.78 is 10.8. The molecule has 140 valence electrons. The Hall–Kier alpha value is -1.86. The van der Waals surface area contributed by atoms with E-state index >= 15 is 0 Å². The fourth-order valence-corrected chi connectivity index (χ4v) is 3.20. The zero-order chi connectivity index (χ0) is 18.4.